The van der Waals surface area contributed by atoms with Crippen molar-refractivity contribution in [1.82, 2.24) is 19.9 Å². The van der Waals surface area contributed by atoms with E-state index in [9.17, 15) is 0 Å². The van der Waals surface area contributed by atoms with E-state index in [1.807, 2.05) is 6.07 Å². The fourth-order valence-corrected chi connectivity index (χ4v) is 3.66. The Labute approximate surface area is 160 Å². The highest BCUT2D eigenvalue weighted by atomic mass is 15.1. The van der Waals surface area contributed by atoms with Crippen LogP contribution in [0.4, 0.5) is 11.8 Å². The largest absolute Gasteiger partial charge is 0.309 e. The van der Waals surface area contributed by atoms with E-state index in [1.54, 1.807) is 18.5 Å². The molecule has 0 radical (unpaired) electrons. The van der Waals surface area contributed by atoms with Crippen LogP contribution in [0.1, 0.15) is 30.0 Å². The maximum Gasteiger partial charge on any atom is 0.228 e. The van der Waals surface area contributed by atoms with Gasteiger partial charge in [0, 0.05) is 37.1 Å². The first-order chi connectivity index (χ1) is 13.4. The van der Waals surface area contributed by atoms with E-state index in [1.165, 1.54) is 24.9 Å². The molecule has 27 heavy (non-hydrogen) atoms. The zero-order valence-electron chi connectivity index (χ0n) is 15.5. The van der Waals surface area contributed by atoms with Gasteiger partial charge in [-0.05, 0) is 49.6 Å². The highest BCUT2D eigenvalue weighted by Gasteiger charge is 2.22. The Morgan fingerprint density at radius 3 is 2.67 bits per heavy atom. The summed E-state index contributed by atoms with van der Waals surface area (Å²) in [6.45, 7) is 3.36. The molecule has 1 atom stereocenters. The maximum atomic E-state index is 4.83. The Morgan fingerprint density at radius 1 is 0.963 bits per heavy atom. The molecule has 5 nitrogen and oxygen atoms in total. The van der Waals surface area contributed by atoms with Crippen molar-refractivity contribution >= 4 is 11.8 Å². The number of nitrogens with one attached hydrogen (secondary N) is 1. The molecule has 138 valence electrons. The molecule has 1 aliphatic rings. The minimum Gasteiger partial charge on any atom is -0.309 e. The van der Waals surface area contributed by atoms with E-state index in [4.69, 9.17) is 4.98 Å². The third-order valence-electron chi connectivity index (χ3n) is 5.06. The molecule has 3 heterocycles. The van der Waals surface area contributed by atoms with Crippen molar-refractivity contribution in [2.45, 2.75) is 25.2 Å². The van der Waals surface area contributed by atoms with Crippen LogP contribution in [0.2, 0.25) is 0 Å². The quantitative estimate of drug-likeness (QED) is 0.720. The second-order valence-electron chi connectivity index (χ2n) is 7.02. The fourth-order valence-electron chi connectivity index (χ4n) is 3.66. The third-order valence-corrected chi connectivity index (χ3v) is 5.06. The molecule has 0 bridgehead atoms. The van der Waals surface area contributed by atoms with Crippen molar-refractivity contribution in [2.24, 2.45) is 0 Å². The lowest BCUT2D eigenvalue weighted by Crippen LogP contribution is -2.36. The Morgan fingerprint density at radius 2 is 1.81 bits per heavy atom. The zero-order valence-corrected chi connectivity index (χ0v) is 15.5. The first kappa shape index (κ1) is 17.6. The van der Waals surface area contributed by atoms with Gasteiger partial charge in [0.15, 0.2) is 0 Å². The van der Waals surface area contributed by atoms with Gasteiger partial charge in [-0.2, -0.15) is 0 Å². The predicted molar refractivity (Wildman–Crippen MR) is 108 cm³/mol. The van der Waals surface area contributed by atoms with Gasteiger partial charge in [0.2, 0.25) is 5.95 Å². The van der Waals surface area contributed by atoms with Crippen LogP contribution in [0, 0.1) is 0 Å². The summed E-state index contributed by atoms with van der Waals surface area (Å²) in [5.74, 6) is 1.86. The van der Waals surface area contributed by atoms with Gasteiger partial charge in [-0.15, -0.1) is 0 Å². The smallest absolute Gasteiger partial charge is 0.228 e. The van der Waals surface area contributed by atoms with Gasteiger partial charge >= 0.3 is 0 Å². The number of hydrogen-bond acceptors (Lipinski definition) is 5. The number of nitrogens with zero attached hydrogens (tertiary/aromatic N) is 4. The van der Waals surface area contributed by atoms with Gasteiger partial charge in [0.25, 0.3) is 0 Å². The predicted octanol–water partition coefficient (Wildman–Crippen LogP) is 4.04. The van der Waals surface area contributed by atoms with Gasteiger partial charge in [-0.25, -0.2) is 15.0 Å². The summed E-state index contributed by atoms with van der Waals surface area (Å²) in [5, 5.41) is 3.19. The molecule has 1 aliphatic heterocycles. The second kappa shape index (κ2) is 8.73. The van der Waals surface area contributed by atoms with E-state index >= 15 is 0 Å². The Kier molecular flexibility index (Phi) is 5.70. The molecule has 3 aromatic rings. The first-order valence-electron chi connectivity index (χ1n) is 9.64. The molecule has 0 saturated carbocycles. The molecule has 0 unspecified atom stereocenters. The number of aromatic nitrogens is 3. The topological polar surface area (TPSA) is 53.9 Å². The van der Waals surface area contributed by atoms with Crippen LogP contribution in [-0.4, -0.2) is 39.5 Å². The van der Waals surface area contributed by atoms with E-state index < -0.39 is 0 Å². The monoisotopic (exact) mass is 359 g/mol. The van der Waals surface area contributed by atoms with Gasteiger partial charge in [-0.1, -0.05) is 36.4 Å². The number of anilines is 2. The second-order valence-corrected chi connectivity index (χ2v) is 7.02. The molecule has 1 aromatic carbocycles. The van der Waals surface area contributed by atoms with E-state index in [0.29, 0.717) is 11.9 Å². The van der Waals surface area contributed by atoms with Gasteiger partial charge < -0.3 is 10.2 Å². The number of likely N-dealkylation sites (tertiary alicyclic amines) is 1. The number of benzene rings is 1. The molecule has 0 spiro atoms. The van der Waals surface area contributed by atoms with Crippen LogP contribution in [0.3, 0.4) is 0 Å². The number of pyridine rings is 1. The minimum absolute atomic E-state index is 0.480. The van der Waals surface area contributed by atoms with Crippen LogP contribution in [-0.2, 0) is 6.42 Å². The molecular weight excluding hydrogens is 334 g/mol. The summed E-state index contributed by atoms with van der Waals surface area (Å²) in [4.78, 5) is 15.8. The van der Waals surface area contributed by atoms with E-state index in [0.717, 1.165) is 31.0 Å². The first-order valence-corrected chi connectivity index (χ1v) is 9.64. The Bertz CT molecular complexity index is 838. The lowest BCUT2D eigenvalue weighted by Gasteiger charge is -2.32. The fraction of sp³-hybridized carbons (Fsp3) is 0.318. The normalized spacial score (nSPS) is 17.6. The van der Waals surface area contributed by atoms with Crippen molar-refractivity contribution in [2.75, 3.05) is 25.0 Å². The van der Waals surface area contributed by atoms with Crippen LogP contribution >= 0.6 is 0 Å². The summed E-state index contributed by atoms with van der Waals surface area (Å²) in [7, 11) is 0. The van der Waals surface area contributed by atoms with Crippen LogP contribution in [0.5, 0.6) is 0 Å². The summed E-state index contributed by atoms with van der Waals surface area (Å²) in [6.07, 6.45) is 6.98. The van der Waals surface area contributed by atoms with Crippen LogP contribution in [0.15, 0.2) is 67.0 Å². The molecule has 1 N–H and O–H groups in total. The number of piperidine rings is 1. The minimum atomic E-state index is 0.480. The van der Waals surface area contributed by atoms with Gasteiger partial charge in [-0.3, -0.25) is 0 Å². The molecule has 5 heteroatoms. The highest BCUT2D eigenvalue weighted by Crippen LogP contribution is 2.27. The molecule has 1 fully saturated rings. The van der Waals surface area contributed by atoms with Crippen molar-refractivity contribution in [3.8, 4) is 0 Å². The van der Waals surface area contributed by atoms with Crippen molar-refractivity contribution < 1.29 is 0 Å². The molecular formula is C22H25N5. The molecule has 0 amide bonds. The van der Waals surface area contributed by atoms with Crippen LogP contribution in [0.25, 0.3) is 0 Å². The van der Waals surface area contributed by atoms with Crippen molar-refractivity contribution in [1.29, 1.82) is 0 Å². The lowest BCUT2D eigenvalue weighted by molar-refractivity contribution is 0.208. The van der Waals surface area contributed by atoms with Crippen molar-refractivity contribution in [3.05, 3.63) is 78.2 Å². The molecule has 4 rings (SSSR count). The molecule has 0 aliphatic carbocycles. The molecule has 1 saturated heterocycles. The highest BCUT2D eigenvalue weighted by molar-refractivity contribution is 5.47. The standard InChI is InChI=1S/C22H25N5/c1-2-7-18(8-3-1)12-16-27-15-5-9-19(17-27)20-10-4-11-21(25-20)26-22-23-13-6-14-24-22/h1-4,6-8,10-11,13-14,19H,5,9,12,15-17H2,(H,23,24,25,26)/t19-/m1/s1. The van der Waals surface area contributed by atoms with E-state index in [2.05, 4.69) is 62.6 Å². The average Bonchev–Trinajstić information content (AvgIpc) is 2.74. The number of rotatable bonds is 6. The zero-order chi connectivity index (χ0) is 18.3. The summed E-state index contributed by atoms with van der Waals surface area (Å²) in [5.41, 5.74) is 2.56. The summed E-state index contributed by atoms with van der Waals surface area (Å²) in [6, 6.07) is 18.7. The average molecular weight is 359 g/mol. The van der Waals surface area contributed by atoms with Gasteiger partial charge in [0.05, 0.1) is 0 Å². The third kappa shape index (κ3) is 4.89. The van der Waals surface area contributed by atoms with Crippen LogP contribution < -0.4 is 5.32 Å². The van der Waals surface area contributed by atoms with Crippen molar-refractivity contribution in [3.63, 3.8) is 0 Å². The summed E-state index contributed by atoms with van der Waals surface area (Å²) < 4.78 is 0. The molecule has 2 aromatic heterocycles. The summed E-state index contributed by atoms with van der Waals surface area (Å²) >= 11 is 0. The Hall–Kier alpha value is -2.79. The SMILES string of the molecule is c1ccc(CCN2CCC[C@@H](c3cccc(Nc4ncccn4)n3)C2)cc1. The van der Waals surface area contributed by atoms with E-state index in [-0.39, 0.29) is 0 Å². The van der Waals surface area contributed by atoms with Gasteiger partial charge in [0.1, 0.15) is 5.82 Å². The lowest BCUT2D eigenvalue weighted by atomic mass is 9.94. The maximum absolute atomic E-state index is 4.83. The number of hydrogen-bond donors (Lipinski definition) is 1. The Balaban J connectivity index is 1.38.